The number of nitrogens with two attached hydrogens (primary N) is 1. The van der Waals surface area contributed by atoms with Crippen LogP contribution in [0.1, 0.15) is 30.9 Å². The molecule has 2 saturated heterocycles. The lowest BCUT2D eigenvalue weighted by Gasteiger charge is -2.46. The highest BCUT2D eigenvalue weighted by Gasteiger charge is 2.32. The first-order chi connectivity index (χ1) is 10.2. The van der Waals surface area contributed by atoms with Crippen molar-refractivity contribution in [2.45, 2.75) is 31.3 Å². The summed E-state index contributed by atoms with van der Waals surface area (Å²) in [6.07, 6.45) is 3.86. The van der Waals surface area contributed by atoms with Gasteiger partial charge in [-0.3, -0.25) is 9.80 Å². The van der Waals surface area contributed by atoms with E-state index in [4.69, 9.17) is 17.3 Å². The van der Waals surface area contributed by atoms with Gasteiger partial charge in [-0.15, -0.1) is 0 Å². The molecule has 1 aromatic carbocycles. The fraction of sp³-hybridized carbons (Fsp3) is 0.625. The Balaban J connectivity index is 1.77. The maximum atomic E-state index is 14.2. The van der Waals surface area contributed by atoms with Gasteiger partial charge in [-0.1, -0.05) is 24.1 Å². The fourth-order valence-electron chi connectivity index (χ4n) is 3.71. The molecule has 2 heterocycles. The SMILES string of the molecule is NCC(c1ccc(Cl)cc1F)N1CCN2CCCCC2C1. The summed E-state index contributed by atoms with van der Waals surface area (Å²) in [6.45, 7) is 4.66. The summed E-state index contributed by atoms with van der Waals surface area (Å²) >= 11 is 5.85. The molecule has 116 valence electrons. The molecule has 0 saturated carbocycles. The Morgan fingerprint density at radius 3 is 2.90 bits per heavy atom. The third-order valence-electron chi connectivity index (χ3n) is 4.85. The van der Waals surface area contributed by atoms with Crippen molar-refractivity contribution in [3.05, 3.63) is 34.6 Å². The van der Waals surface area contributed by atoms with Gasteiger partial charge in [-0.2, -0.15) is 0 Å². The molecule has 3 nitrogen and oxygen atoms in total. The van der Waals surface area contributed by atoms with Gasteiger partial charge in [0.15, 0.2) is 0 Å². The van der Waals surface area contributed by atoms with E-state index in [1.54, 1.807) is 12.1 Å². The number of hydrogen-bond acceptors (Lipinski definition) is 3. The topological polar surface area (TPSA) is 32.5 Å². The van der Waals surface area contributed by atoms with Crippen LogP contribution in [0, 0.1) is 5.82 Å². The van der Waals surface area contributed by atoms with Crippen LogP contribution in [0.5, 0.6) is 0 Å². The summed E-state index contributed by atoms with van der Waals surface area (Å²) in [7, 11) is 0. The number of benzene rings is 1. The number of piperidine rings is 1. The molecule has 2 aliphatic rings. The summed E-state index contributed by atoms with van der Waals surface area (Å²) in [5, 5.41) is 0.434. The van der Waals surface area contributed by atoms with Gasteiger partial charge in [0, 0.05) is 42.8 Å². The summed E-state index contributed by atoms with van der Waals surface area (Å²) in [5.41, 5.74) is 6.63. The van der Waals surface area contributed by atoms with Crippen LogP contribution < -0.4 is 5.73 Å². The van der Waals surface area contributed by atoms with Crippen LogP contribution in [0.3, 0.4) is 0 Å². The lowest BCUT2D eigenvalue weighted by Crippen LogP contribution is -2.56. The average molecular weight is 312 g/mol. The molecule has 2 atom stereocenters. The van der Waals surface area contributed by atoms with E-state index in [2.05, 4.69) is 9.80 Å². The van der Waals surface area contributed by atoms with Gasteiger partial charge >= 0.3 is 0 Å². The lowest BCUT2D eigenvalue weighted by molar-refractivity contribution is 0.0279. The van der Waals surface area contributed by atoms with Gasteiger partial charge in [-0.05, 0) is 31.5 Å². The number of nitrogens with zero attached hydrogens (tertiary/aromatic N) is 2. The molecule has 1 aromatic rings. The predicted molar refractivity (Wildman–Crippen MR) is 84.0 cm³/mol. The van der Waals surface area contributed by atoms with Crippen molar-refractivity contribution >= 4 is 11.6 Å². The first-order valence-corrected chi connectivity index (χ1v) is 8.20. The second-order valence-corrected chi connectivity index (χ2v) is 6.53. The van der Waals surface area contributed by atoms with Crippen LogP contribution in [0.2, 0.25) is 5.02 Å². The highest BCUT2D eigenvalue weighted by molar-refractivity contribution is 6.30. The molecule has 0 spiro atoms. The summed E-state index contributed by atoms with van der Waals surface area (Å²) in [5.74, 6) is -0.246. The molecule has 2 N–H and O–H groups in total. The van der Waals surface area contributed by atoms with Gasteiger partial charge in [-0.25, -0.2) is 4.39 Å². The lowest BCUT2D eigenvalue weighted by atomic mass is 9.96. The Morgan fingerprint density at radius 1 is 1.29 bits per heavy atom. The van der Waals surface area contributed by atoms with E-state index in [1.807, 2.05) is 0 Å². The normalized spacial score (nSPS) is 25.6. The summed E-state index contributed by atoms with van der Waals surface area (Å²) in [6, 6.07) is 5.47. The quantitative estimate of drug-likeness (QED) is 0.931. The molecule has 0 aliphatic carbocycles. The van der Waals surface area contributed by atoms with Gasteiger partial charge in [0.2, 0.25) is 0 Å². The second-order valence-electron chi connectivity index (χ2n) is 6.10. The van der Waals surface area contributed by atoms with Crippen molar-refractivity contribution in [1.82, 2.24) is 9.80 Å². The molecule has 2 unspecified atom stereocenters. The average Bonchev–Trinajstić information content (AvgIpc) is 2.50. The predicted octanol–water partition coefficient (Wildman–Crippen LogP) is 2.65. The highest BCUT2D eigenvalue weighted by Crippen LogP contribution is 2.29. The van der Waals surface area contributed by atoms with E-state index in [1.165, 1.54) is 31.9 Å². The summed E-state index contributed by atoms with van der Waals surface area (Å²) in [4.78, 5) is 4.92. The minimum atomic E-state index is -0.246. The number of fused-ring (bicyclic) bond motifs is 1. The van der Waals surface area contributed by atoms with E-state index in [0.717, 1.165) is 19.6 Å². The zero-order valence-electron chi connectivity index (χ0n) is 12.3. The molecule has 2 aliphatic heterocycles. The Hall–Kier alpha value is -0.680. The minimum absolute atomic E-state index is 0.0497. The van der Waals surface area contributed by atoms with E-state index < -0.39 is 0 Å². The van der Waals surface area contributed by atoms with Gasteiger partial charge < -0.3 is 5.73 Å². The van der Waals surface area contributed by atoms with Crippen molar-refractivity contribution in [3.8, 4) is 0 Å². The third kappa shape index (κ3) is 3.24. The maximum Gasteiger partial charge on any atom is 0.129 e. The van der Waals surface area contributed by atoms with E-state index in [-0.39, 0.29) is 11.9 Å². The molecular weight excluding hydrogens is 289 g/mol. The Bertz CT molecular complexity index is 496. The standard InChI is InChI=1S/C16H23ClFN3/c17-12-4-5-14(15(18)9-12)16(10-19)21-8-7-20-6-2-1-3-13(20)11-21/h4-5,9,13,16H,1-3,6-8,10-11,19H2. The van der Waals surface area contributed by atoms with Crippen LogP contribution in [-0.2, 0) is 0 Å². The molecule has 21 heavy (non-hydrogen) atoms. The molecule has 0 bridgehead atoms. The van der Waals surface area contributed by atoms with Crippen LogP contribution in [0.4, 0.5) is 4.39 Å². The largest absolute Gasteiger partial charge is 0.329 e. The first kappa shape index (κ1) is 15.2. The van der Waals surface area contributed by atoms with Crippen LogP contribution in [0.25, 0.3) is 0 Å². The van der Waals surface area contributed by atoms with Gasteiger partial charge in [0.1, 0.15) is 5.82 Å². The van der Waals surface area contributed by atoms with Crippen molar-refractivity contribution in [3.63, 3.8) is 0 Å². The van der Waals surface area contributed by atoms with Crippen LogP contribution in [0.15, 0.2) is 18.2 Å². The van der Waals surface area contributed by atoms with Gasteiger partial charge in [0.25, 0.3) is 0 Å². The number of rotatable bonds is 3. The Labute approximate surface area is 130 Å². The van der Waals surface area contributed by atoms with Crippen molar-refractivity contribution in [1.29, 1.82) is 0 Å². The third-order valence-corrected chi connectivity index (χ3v) is 5.09. The fourth-order valence-corrected chi connectivity index (χ4v) is 3.87. The smallest absolute Gasteiger partial charge is 0.129 e. The molecule has 0 aromatic heterocycles. The molecule has 5 heteroatoms. The van der Waals surface area contributed by atoms with Crippen LogP contribution in [-0.4, -0.2) is 48.6 Å². The van der Waals surface area contributed by atoms with Crippen molar-refractivity contribution in [2.75, 3.05) is 32.7 Å². The van der Waals surface area contributed by atoms with E-state index in [0.29, 0.717) is 23.2 Å². The van der Waals surface area contributed by atoms with Crippen LogP contribution >= 0.6 is 11.6 Å². The monoisotopic (exact) mass is 311 g/mol. The van der Waals surface area contributed by atoms with E-state index in [9.17, 15) is 4.39 Å². The highest BCUT2D eigenvalue weighted by atomic mass is 35.5. The molecule has 0 amide bonds. The molecule has 2 fully saturated rings. The summed E-state index contributed by atoms with van der Waals surface area (Å²) < 4.78 is 14.2. The zero-order chi connectivity index (χ0) is 14.8. The van der Waals surface area contributed by atoms with Gasteiger partial charge in [0.05, 0.1) is 6.04 Å². The maximum absolute atomic E-state index is 14.2. The number of hydrogen-bond donors (Lipinski definition) is 1. The number of halogens is 2. The van der Waals surface area contributed by atoms with E-state index >= 15 is 0 Å². The molecule has 0 radical (unpaired) electrons. The Morgan fingerprint density at radius 2 is 2.14 bits per heavy atom. The van der Waals surface area contributed by atoms with Crippen molar-refractivity contribution < 1.29 is 4.39 Å². The minimum Gasteiger partial charge on any atom is -0.329 e. The molecular formula is C16H23ClFN3. The first-order valence-electron chi connectivity index (χ1n) is 7.82. The Kier molecular flexibility index (Phi) is 4.79. The molecule has 3 rings (SSSR count). The second kappa shape index (κ2) is 6.61. The number of piperazine rings is 1. The van der Waals surface area contributed by atoms with Crippen molar-refractivity contribution in [2.24, 2.45) is 5.73 Å². The zero-order valence-corrected chi connectivity index (χ0v) is 13.0.